The Hall–Kier alpha value is -0.850. The second-order valence-electron chi connectivity index (χ2n) is 13.5. The van der Waals surface area contributed by atoms with E-state index in [9.17, 15) is 35.4 Å². The molecule has 46 heavy (non-hydrogen) atoms. The third-order valence-electron chi connectivity index (χ3n) is 9.37. The molecule has 0 radical (unpaired) electrons. The van der Waals surface area contributed by atoms with Crippen molar-refractivity contribution in [3.8, 4) is 0 Å². The van der Waals surface area contributed by atoms with Gasteiger partial charge in [0, 0.05) is 6.42 Å². The average Bonchev–Trinajstić information content (AvgIpc) is 3.06. The van der Waals surface area contributed by atoms with Crippen molar-refractivity contribution in [2.24, 2.45) is 0 Å². The number of amides is 1. The molecule has 0 aliphatic carbocycles. The topological polar surface area (TPSA) is 169 Å². The van der Waals surface area contributed by atoms with Crippen molar-refractivity contribution in [2.75, 3.05) is 13.2 Å². The van der Waals surface area contributed by atoms with Gasteiger partial charge in [0.15, 0.2) is 6.29 Å². The summed E-state index contributed by atoms with van der Waals surface area (Å²) >= 11 is 0. The van der Waals surface area contributed by atoms with Crippen molar-refractivity contribution in [1.29, 1.82) is 0 Å². The molecule has 5 unspecified atom stereocenters. The van der Waals surface area contributed by atoms with Crippen LogP contribution < -0.4 is 5.32 Å². The van der Waals surface area contributed by atoms with Crippen molar-refractivity contribution in [3.63, 3.8) is 0 Å². The number of carbonyl (C=O) groups is 1. The van der Waals surface area contributed by atoms with Crippen LogP contribution in [0.25, 0.3) is 0 Å². The van der Waals surface area contributed by atoms with Crippen molar-refractivity contribution < 1.29 is 44.9 Å². The molecule has 1 aliphatic rings. The molecule has 0 saturated carbocycles. The first-order chi connectivity index (χ1) is 22.3. The van der Waals surface area contributed by atoms with E-state index < -0.39 is 55.6 Å². The first kappa shape index (κ1) is 43.2. The lowest BCUT2D eigenvalue weighted by molar-refractivity contribution is -0.303. The van der Waals surface area contributed by atoms with E-state index in [1.54, 1.807) is 6.92 Å². The van der Waals surface area contributed by atoms with Crippen LogP contribution in [-0.2, 0) is 14.3 Å². The molecule has 1 aliphatic heterocycles. The monoisotopic (exact) mass is 662 g/mol. The van der Waals surface area contributed by atoms with Crippen LogP contribution in [0.1, 0.15) is 162 Å². The lowest BCUT2D eigenvalue weighted by Gasteiger charge is -2.40. The van der Waals surface area contributed by atoms with E-state index >= 15 is 0 Å². The molecule has 1 saturated heterocycles. The fourth-order valence-corrected chi connectivity index (χ4v) is 6.14. The molecule has 274 valence electrons. The van der Waals surface area contributed by atoms with Crippen LogP contribution in [0.2, 0.25) is 0 Å². The predicted molar refractivity (Wildman–Crippen MR) is 181 cm³/mol. The van der Waals surface area contributed by atoms with Gasteiger partial charge in [0.2, 0.25) is 5.91 Å². The number of ether oxygens (including phenoxy) is 2. The van der Waals surface area contributed by atoms with Gasteiger partial charge in [0.25, 0.3) is 0 Å². The molecule has 1 fully saturated rings. The first-order valence-corrected chi connectivity index (χ1v) is 18.8. The summed E-state index contributed by atoms with van der Waals surface area (Å²) in [5, 5.41) is 63.0. The quantitative estimate of drug-likeness (QED) is 0.0523. The summed E-state index contributed by atoms with van der Waals surface area (Å²) in [6, 6.07) is -0.982. The van der Waals surface area contributed by atoms with Crippen molar-refractivity contribution >= 4 is 5.91 Å². The molecule has 0 aromatic carbocycles. The molecular formula is C36H71NO9. The number of unbranched alkanes of at least 4 members (excludes halogenated alkanes) is 20. The number of nitrogens with one attached hydrogen (secondary N) is 1. The zero-order valence-corrected chi connectivity index (χ0v) is 29.2. The number of aliphatic hydroxyl groups excluding tert-OH is 6. The van der Waals surface area contributed by atoms with E-state index in [0.717, 1.165) is 25.7 Å². The standard InChI is InChI=1S/C36H71NO9/c1-3-5-6-7-8-9-10-11-12-13-14-15-16-17-18-19-20-21-22-23-24-25-31(40)37-28(32(41)29(39)4-2)27-45-36-35(44)34(43)33(42)30(26-38)46-36/h28-30,32-36,38-39,41-44H,3-27H2,1-2H3,(H,37,40)/t28-,29+,30?,32-,33?,34?,35?,36?/m0/s1. The molecule has 0 bridgehead atoms. The SMILES string of the molecule is CCCCCCCCCCCCCCCCCCCCCCCC(=O)N[C@@H](COC1OC(CO)C(O)C(O)C1O)[C@H](O)[C@H](O)CC. The molecule has 0 aromatic rings. The van der Waals surface area contributed by atoms with Crippen LogP contribution in [-0.4, -0.2) is 98.7 Å². The minimum atomic E-state index is -1.60. The number of rotatable bonds is 30. The van der Waals surface area contributed by atoms with Gasteiger partial charge in [-0.2, -0.15) is 0 Å². The van der Waals surface area contributed by atoms with E-state index in [4.69, 9.17) is 9.47 Å². The maximum Gasteiger partial charge on any atom is 0.220 e. The van der Waals surface area contributed by atoms with Gasteiger partial charge in [0.1, 0.15) is 30.5 Å². The van der Waals surface area contributed by atoms with E-state index in [1.807, 2.05) is 0 Å². The highest BCUT2D eigenvalue weighted by Gasteiger charge is 2.44. The van der Waals surface area contributed by atoms with Gasteiger partial charge in [-0.3, -0.25) is 4.79 Å². The minimum Gasteiger partial charge on any atom is -0.394 e. The number of hydrogen-bond donors (Lipinski definition) is 7. The second-order valence-corrected chi connectivity index (χ2v) is 13.5. The molecule has 1 rings (SSSR count). The highest BCUT2D eigenvalue weighted by atomic mass is 16.7. The molecule has 10 heteroatoms. The Labute approximate surface area is 279 Å². The molecule has 7 N–H and O–H groups in total. The summed E-state index contributed by atoms with van der Waals surface area (Å²) in [7, 11) is 0. The van der Waals surface area contributed by atoms with E-state index in [0.29, 0.717) is 0 Å². The molecular weight excluding hydrogens is 590 g/mol. The Bertz CT molecular complexity index is 713. The van der Waals surface area contributed by atoms with Gasteiger partial charge in [-0.15, -0.1) is 0 Å². The fraction of sp³-hybridized carbons (Fsp3) is 0.972. The van der Waals surface area contributed by atoms with Gasteiger partial charge < -0.3 is 45.4 Å². The van der Waals surface area contributed by atoms with Crippen LogP contribution >= 0.6 is 0 Å². The Morgan fingerprint density at radius 3 is 1.52 bits per heavy atom. The second kappa shape index (κ2) is 28.0. The Morgan fingerprint density at radius 2 is 1.11 bits per heavy atom. The van der Waals surface area contributed by atoms with Crippen molar-refractivity contribution in [3.05, 3.63) is 0 Å². The van der Waals surface area contributed by atoms with Crippen LogP contribution in [0.5, 0.6) is 0 Å². The molecule has 1 heterocycles. The third kappa shape index (κ3) is 19.2. The predicted octanol–water partition coefficient (Wildman–Crippen LogP) is 5.02. The average molecular weight is 662 g/mol. The number of carbonyl (C=O) groups excluding carboxylic acids is 1. The summed E-state index contributed by atoms with van der Waals surface area (Å²) in [4.78, 5) is 12.6. The molecule has 1 amide bonds. The van der Waals surface area contributed by atoms with Gasteiger partial charge >= 0.3 is 0 Å². The van der Waals surface area contributed by atoms with Crippen molar-refractivity contribution in [2.45, 2.75) is 210 Å². The normalized spacial score (nSPS) is 23.7. The van der Waals surface area contributed by atoms with Gasteiger partial charge in [-0.25, -0.2) is 0 Å². The lowest BCUT2D eigenvalue weighted by atomic mass is 9.99. The molecule has 10 nitrogen and oxygen atoms in total. The van der Waals surface area contributed by atoms with Crippen LogP contribution in [0, 0.1) is 0 Å². The van der Waals surface area contributed by atoms with E-state index in [-0.39, 0.29) is 25.4 Å². The Balaban J connectivity index is 2.11. The highest BCUT2D eigenvalue weighted by molar-refractivity contribution is 5.76. The van der Waals surface area contributed by atoms with Crippen LogP contribution in [0.15, 0.2) is 0 Å². The zero-order chi connectivity index (χ0) is 34.0. The smallest absolute Gasteiger partial charge is 0.220 e. The third-order valence-corrected chi connectivity index (χ3v) is 9.37. The minimum absolute atomic E-state index is 0.257. The van der Waals surface area contributed by atoms with Crippen LogP contribution in [0.3, 0.4) is 0 Å². The largest absolute Gasteiger partial charge is 0.394 e. The Kier molecular flexibility index (Phi) is 26.3. The van der Waals surface area contributed by atoms with Gasteiger partial charge in [-0.1, -0.05) is 142 Å². The zero-order valence-electron chi connectivity index (χ0n) is 29.2. The molecule has 8 atom stereocenters. The Morgan fingerprint density at radius 1 is 0.674 bits per heavy atom. The van der Waals surface area contributed by atoms with Crippen LogP contribution in [0.4, 0.5) is 0 Å². The fourth-order valence-electron chi connectivity index (χ4n) is 6.14. The molecule has 0 aromatic heterocycles. The van der Waals surface area contributed by atoms with E-state index in [1.165, 1.54) is 109 Å². The summed E-state index contributed by atoms with van der Waals surface area (Å²) in [5.41, 5.74) is 0. The van der Waals surface area contributed by atoms with Gasteiger partial charge in [-0.05, 0) is 12.8 Å². The number of aliphatic hydroxyl groups is 6. The lowest BCUT2D eigenvalue weighted by Crippen LogP contribution is -2.60. The molecule has 0 spiro atoms. The summed E-state index contributed by atoms with van der Waals surface area (Å²) in [6.45, 7) is 3.06. The summed E-state index contributed by atoms with van der Waals surface area (Å²) in [5.74, 6) is -0.275. The van der Waals surface area contributed by atoms with Gasteiger partial charge in [0.05, 0.1) is 25.4 Å². The maximum absolute atomic E-state index is 12.6. The van der Waals surface area contributed by atoms with E-state index in [2.05, 4.69) is 12.2 Å². The highest BCUT2D eigenvalue weighted by Crippen LogP contribution is 2.23. The maximum atomic E-state index is 12.6. The number of hydrogen-bond acceptors (Lipinski definition) is 9. The summed E-state index contributed by atoms with van der Waals surface area (Å²) in [6.07, 6.45) is 18.1. The van der Waals surface area contributed by atoms with Crippen molar-refractivity contribution in [1.82, 2.24) is 5.32 Å². The first-order valence-electron chi connectivity index (χ1n) is 18.8. The summed E-state index contributed by atoms with van der Waals surface area (Å²) < 4.78 is 10.9.